The molecule has 0 spiro atoms. The summed E-state index contributed by atoms with van der Waals surface area (Å²) in [4.78, 5) is 25.2. The van der Waals surface area contributed by atoms with Crippen LogP contribution in [0.3, 0.4) is 0 Å². The molecule has 2 aromatic rings. The number of nitrogens with zero attached hydrogens (tertiary/aromatic N) is 1. The number of carbonyl (C=O) groups is 2. The Morgan fingerprint density at radius 3 is 2.64 bits per heavy atom. The minimum absolute atomic E-state index is 0.241. The van der Waals surface area contributed by atoms with Crippen molar-refractivity contribution < 1.29 is 14.3 Å². The second-order valence-corrected chi connectivity index (χ2v) is 7.30. The lowest BCUT2D eigenvalue weighted by Crippen LogP contribution is -2.40. The van der Waals surface area contributed by atoms with Crippen molar-refractivity contribution in [2.75, 3.05) is 39.8 Å². The Hall–Kier alpha value is -2.60. The Bertz CT molecular complexity index is 795. The van der Waals surface area contributed by atoms with Crippen LogP contribution in [0.5, 0.6) is 0 Å². The Kier molecular flexibility index (Phi) is 7.25. The number of hydrogen-bond donors (Lipinski definition) is 2. The van der Waals surface area contributed by atoms with Crippen LogP contribution in [0.1, 0.15) is 18.4 Å². The van der Waals surface area contributed by atoms with Gasteiger partial charge in [0.15, 0.2) is 6.61 Å². The van der Waals surface area contributed by atoms with Gasteiger partial charge in [0.25, 0.3) is 5.91 Å². The van der Waals surface area contributed by atoms with Gasteiger partial charge in [-0.1, -0.05) is 42.5 Å². The summed E-state index contributed by atoms with van der Waals surface area (Å²) >= 11 is 0. The number of carbonyl (C=O) groups excluding carboxylic acids is 2. The fourth-order valence-corrected chi connectivity index (χ4v) is 3.69. The van der Waals surface area contributed by atoms with E-state index in [4.69, 9.17) is 4.74 Å². The van der Waals surface area contributed by atoms with Gasteiger partial charge in [0, 0.05) is 20.1 Å². The Morgan fingerprint density at radius 2 is 1.86 bits per heavy atom. The van der Waals surface area contributed by atoms with Gasteiger partial charge in [0.05, 0.1) is 0 Å². The third-order valence-electron chi connectivity index (χ3n) is 5.43. The topological polar surface area (TPSA) is 70.7 Å². The molecule has 0 aromatic heterocycles. The lowest BCUT2D eigenvalue weighted by atomic mass is 9.96. The van der Waals surface area contributed by atoms with Crippen molar-refractivity contribution in [1.29, 1.82) is 0 Å². The van der Waals surface area contributed by atoms with E-state index >= 15 is 0 Å². The second kappa shape index (κ2) is 10.1. The van der Waals surface area contributed by atoms with E-state index < -0.39 is 6.09 Å². The van der Waals surface area contributed by atoms with Gasteiger partial charge >= 0.3 is 6.09 Å². The molecule has 0 radical (unpaired) electrons. The molecular formula is C22H29N3O3. The Balaban J connectivity index is 1.37. The number of ether oxygens (including phenoxy) is 1. The molecule has 1 heterocycles. The monoisotopic (exact) mass is 383 g/mol. The molecule has 1 aliphatic rings. The highest BCUT2D eigenvalue weighted by Crippen LogP contribution is 2.21. The van der Waals surface area contributed by atoms with Crippen LogP contribution in [0.15, 0.2) is 42.5 Å². The highest BCUT2D eigenvalue weighted by atomic mass is 16.6. The van der Waals surface area contributed by atoms with E-state index in [-0.39, 0.29) is 12.5 Å². The number of alkyl carbamates (subject to hydrolysis) is 1. The molecular weight excluding hydrogens is 354 g/mol. The number of likely N-dealkylation sites (tertiary alicyclic amines) is 1. The van der Waals surface area contributed by atoms with Gasteiger partial charge in [-0.15, -0.1) is 0 Å². The van der Waals surface area contributed by atoms with Crippen molar-refractivity contribution >= 4 is 22.8 Å². The molecule has 0 saturated carbocycles. The molecule has 1 saturated heterocycles. The van der Waals surface area contributed by atoms with Crippen LogP contribution < -0.4 is 10.6 Å². The first-order chi connectivity index (χ1) is 13.7. The molecule has 0 unspecified atom stereocenters. The molecule has 1 fully saturated rings. The predicted molar refractivity (Wildman–Crippen MR) is 110 cm³/mol. The van der Waals surface area contributed by atoms with E-state index in [1.807, 2.05) is 0 Å². The second-order valence-electron chi connectivity index (χ2n) is 7.30. The molecule has 2 aromatic carbocycles. The standard InChI is InChI=1S/C22H29N3O3/c1-23-21(26)16-28-22(27)24-15-17-9-12-25(13-10-17)14-11-19-7-4-6-18-5-2-3-8-20(18)19/h2-8,17H,9-16H2,1H3,(H,23,26)(H,24,27). The summed E-state index contributed by atoms with van der Waals surface area (Å²) in [7, 11) is 1.51. The molecule has 150 valence electrons. The van der Waals surface area contributed by atoms with Crippen LogP contribution in [-0.4, -0.2) is 56.7 Å². The summed E-state index contributed by atoms with van der Waals surface area (Å²) in [6, 6.07) is 15.1. The molecule has 3 rings (SSSR count). The maximum Gasteiger partial charge on any atom is 0.407 e. The van der Waals surface area contributed by atoms with Crippen LogP contribution in [0.4, 0.5) is 4.79 Å². The first-order valence-electron chi connectivity index (χ1n) is 9.96. The van der Waals surface area contributed by atoms with Crippen molar-refractivity contribution in [2.45, 2.75) is 19.3 Å². The summed E-state index contributed by atoms with van der Waals surface area (Å²) in [6.45, 7) is 3.51. The smallest absolute Gasteiger partial charge is 0.407 e. The third-order valence-corrected chi connectivity index (χ3v) is 5.43. The number of likely N-dealkylation sites (N-methyl/N-ethyl adjacent to an activating group) is 1. The van der Waals surface area contributed by atoms with E-state index in [2.05, 4.69) is 58.0 Å². The van der Waals surface area contributed by atoms with Gasteiger partial charge in [-0.25, -0.2) is 4.79 Å². The van der Waals surface area contributed by atoms with Gasteiger partial charge < -0.3 is 20.3 Å². The zero-order valence-corrected chi connectivity index (χ0v) is 16.4. The van der Waals surface area contributed by atoms with Gasteiger partial charge in [0.2, 0.25) is 0 Å². The first kappa shape index (κ1) is 20.1. The molecule has 0 aliphatic carbocycles. The molecule has 28 heavy (non-hydrogen) atoms. The van der Waals surface area contributed by atoms with Crippen LogP contribution in [0, 0.1) is 5.92 Å². The van der Waals surface area contributed by atoms with Crippen LogP contribution in [0.25, 0.3) is 10.8 Å². The normalized spacial score (nSPS) is 15.3. The number of fused-ring (bicyclic) bond motifs is 1. The molecule has 6 heteroatoms. The average molecular weight is 383 g/mol. The third kappa shape index (κ3) is 5.70. The van der Waals surface area contributed by atoms with Crippen LogP contribution in [-0.2, 0) is 16.0 Å². The largest absolute Gasteiger partial charge is 0.439 e. The maximum absolute atomic E-state index is 11.6. The minimum Gasteiger partial charge on any atom is -0.439 e. The lowest BCUT2D eigenvalue weighted by Gasteiger charge is -2.32. The molecule has 2 N–H and O–H groups in total. The van der Waals surface area contributed by atoms with Gasteiger partial charge in [-0.05, 0) is 54.6 Å². The Labute approximate surface area is 166 Å². The molecule has 2 amide bonds. The number of nitrogens with one attached hydrogen (secondary N) is 2. The van der Waals surface area contributed by atoms with E-state index in [0.717, 1.165) is 38.9 Å². The molecule has 1 aliphatic heterocycles. The highest BCUT2D eigenvalue weighted by Gasteiger charge is 2.20. The van der Waals surface area contributed by atoms with Crippen molar-refractivity contribution in [3.8, 4) is 0 Å². The Morgan fingerprint density at radius 1 is 1.11 bits per heavy atom. The fraction of sp³-hybridized carbons (Fsp3) is 0.455. The molecule has 0 atom stereocenters. The molecule has 6 nitrogen and oxygen atoms in total. The SMILES string of the molecule is CNC(=O)COC(=O)NCC1CCN(CCc2cccc3ccccc23)CC1. The van der Waals surface area contributed by atoms with Crippen molar-refractivity contribution in [3.63, 3.8) is 0 Å². The highest BCUT2D eigenvalue weighted by molar-refractivity contribution is 5.85. The van der Waals surface area contributed by atoms with Gasteiger partial charge in [0.1, 0.15) is 0 Å². The number of rotatable bonds is 7. The first-order valence-corrected chi connectivity index (χ1v) is 9.96. The summed E-state index contributed by atoms with van der Waals surface area (Å²) in [6.07, 6.45) is 2.65. The molecule has 0 bridgehead atoms. The van der Waals surface area contributed by atoms with E-state index in [1.165, 1.54) is 23.4 Å². The van der Waals surface area contributed by atoms with E-state index in [9.17, 15) is 9.59 Å². The predicted octanol–water partition coefficient (Wildman–Crippen LogP) is 2.57. The minimum atomic E-state index is -0.526. The zero-order valence-electron chi connectivity index (χ0n) is 16.4. The summed E-state index contributed by atoms with van der Waals surface area (Å²) in [5.41, 5.74) is 1.40. The van der Waals surface area contributed by atoms with Crippen LogP contribution >= 0.6 is 0 Å². The van der Waals surface area contributed by atoms with Crippen molar-refractivity contribution in [3.05, 3.63) is 48.0 Å². The summed E-state index contributed by atoms with van der Waals surface area (Å²) < 4.78 is 4.86. The van der Waals surface area contributed by atoms with Crippen LogP contribution in [0.2, 0.25) is 0 Å². The van der Waals surface area contributed by atoms with Crippen molar-refractivity contribution in [1.82, 2.24) is 15.5 Å². The number of hydrogen-bond acceptors (Lipinski definition) is 4. The van der Waals surface area contributed by atoms with Crippen molar-refractivity contribution in [2.24, 2.45) is 5.92 Å². The number of amides is 2. The fourth-order valence-electron chi connectivity index (χ4n) is 3.69. The van der Waals surface area contributed by atoms with E-state index in [0.29, 0.717) is 12.5 Å². The summed E-state index contributed by atoms with van der Waals surface area (Å²) in [5.74, 6) is 0.149. The zero-order chi connectivity index (χ0) is 19.8. The quantitative estimate of drug-likeness (QED) is 0.771. The lowest BCUT2D eigenvalue weighted by molar-refractivity contribution is -0.123. The van der Waals surface area contributed by atoms with Gasteiger partial charge in [-0.2, -0.15) is 0 Å². The number of piperidine rings is 1. The summed E-state index contributed by atoms with van der Waals surface area (Å²) in [5, 5.41) is 7.83. The van der Waals surface area contributed by atoms with Gasteiger partial charge in [-0.3, -0.25) is 4.79 Å². The number of benzene rings is 2. The van der Waals surface area contributed by atoms with E-state index in [1.54, 1.807) is 0 Å². The average Bonchev–Trinajstić information content (AvgIpc) is 2.75. The maximum atomic E-state index is 11.6.